The summed E-state index contributed by atoms with van der Waals surface area (Å²) in [7, 11) is 3.13. The van der Waals surface area contributed by atoms with Gasteiger partial charge < -0.3 is 24.0 Å². The molecule has 1 heterocycles. The summed E-state index contributed by atoms with van der Waals surface area (Å²) < 4.78 is 16.2. The second-order valence-corrected chi connectivity index (χ2v) is 12.8. The first-order valence-electron chi connectivity index (χ1n) is 18.6. The van der Waals surface area contributed by atoms with Crippen molar-refractivity contribution in [3.05, 3.63) is 169 Å². The molecule has 9 heteroatoms. The maximum Gasteiger partial charge on any atom is 0.330 e. The van der Waals surface area contributed by atoms with Crippen molar-refractivity contribution in [2.24, 2.45) is 0 Å². The summed E-state index contributed by atoms with van der Waals surface area (Å²) in [6.07, 6.45) is 7.58. The summed E-state index contributed by atoms with van der Waals surface area (Å²) in [5.74, 6) is 1.13. The van der Waals surface area contributed by atoms with E-state index in [0.29, 0.717) is 49.7 Å². The molecule has 0 saturated heterocycles. The van der Waals surface area contributed by atoms with Gasteiger partial charge in [-0.25, -0.2) is 4.79 Å². The van der Waals surface area contributed by atoms with Crippen LogP contribution in [0.15, 0.2) is 152 Å². The fourth-order valence-electron chi connectivity index (χ4n) is 5.76. The van der Waals surface area contributed by atoms with Crippen LogP contribution in [0.1, 0.15) is 39.6 Å². The lowest BCUT2D eigenvalue weighted by atomic mass is 10.0. The fourth-order valence-corrected chi connectivity index (χ4v) is 5.76. The number of amides is 2. The second-order valence-electron chi connectivity index (χ2n) is 12.8. The number of rotatable bonds is 15. The van der Waals surface area contributed by atoms with Crippen molar-refractivity contribution in [1.82, 2.24) is 14.8 Å². The standard InChI is InChI=1S/C25H22N2O2.C22H25NO4/c1-27(25(28)19-6-3-2-4-7-19)14-15-29-24-12-11-20-16-21(9-10-22(20)17-24)23-8-5-13-26-18-23;1-3-15-23(22(25)19-7-5-4-6-8-19)16-17-27-20-12-9-18(10-13-20)11-14-21(24)26-2/h2-13,16-18H,14-15H2,1H3;4-14H,3,15-17H2,1-2H3/b;14-11+. The molecule has 1 aromatic heterocycles. The van der Waals surface area contributed by atoms with Gasteiger partial charge in [0.1, 0.15) is 24.7 Å². The molecule has 0 unspecified atom stereocenters. The van der Waals surface area contributed by atoms with Gasteiger partial charge in [-0.2, -0.15) is 0 Å². The Morgan fingerprint density at radius 1 is 0.643 bits per heavy atom. The fraction of sp³-hybridized carbons (Fsp3) is 0.191. The minimum atomic E-state index is -0.394. The molecule has 0 spiro atoms. The molecular weight excluding hydrogens is 703 g/mol. The Hall–Kier alpha value is -6.74. The normalized spacial score (nSPS) is 10.6. The van der Waals surface area contributed by atoms with E-state index >= 15 is 0 Å². The molecule has 0 aliphatic carbocycles. The summed E-state index contributed by atoms with van der Waals surface area (Å²) in [5.41, 5.74) is 4.48. The van der Waals surface area contributed by atoms with E-state index in [0.717, 1.165) is 39.6 Å². The first-order chi connectivity index (χ1) is 27.3. The average molecular weight is 750 g/mol. The molecule has 0 bridgehead atoms. The van der Waals surface area contributed by atoms with Crippen LogP contribution in [0.4, 0.5) is 0 Å². The van der Waals surface area contributed by atoms with E-state index in [2.05, 4.69) is 40.1 Å². The van der Waals surface area contributed by atoms with E-state index in [1.54, 1.807) is 24.2 Å². The molecule has 0 radical (unpaired) electrons. The number of carbonyl (C=O) groups excluding carboxylic acids is 3. The van der Waals surface area contributed by atoms with E-state index < -0.39 is 5.97 Å². The number of carbonyl (C=O) groups is 3. The van der Waals surface area contributed by atoms with Crippen molar-refractivity contribution in [1.29, 1.82) is 0 Å². The summed E-state index contributed by atoms with van der Waals surface area (Å²) in [6, 6.07) is 42.3. The predicted octanol–water partition coefficient (Wildman–Crippen LogP) is 8.86. The highest BCUT2D eigenvalue weighted by Crippen LogP contribution is 2.27. The van der Waals surface area contributed by atoms with Crippen LogP contribution in [0.2, 0.25) is 0 Å². The Bertz CT molecular complexity index is 2180. The van der Waals surface area contributed by atoms with E-state index in [1.807, 2.05) is 121 Å². The van der Waals surface area contributed by atoms with Gasteiger partial charge in [0.05, 0.1) is 20.2 Å². The van der Waals surface area contributed by atoms with Crippen molar-refractivity contribution in [3.63, 3.8) is 0 Å². The minimum absolute atomic E-state index is 0.00403. The van der Waals surface area contributed by atoms with Gasteiger partial charge in [0, 0.05) is 48.8 Å². The minimum Gasteiger partial charge on any atom is -0.492 e. The van der Waals surface area contributed by atoms with Crippen molar-refractivity contribution >= 4 is 34.6 Å². The lowest BCUT2D eigenvalue weighted by Gasteiger charge is -2.22. The number of methoxy groups -OCH3 is 1. The Labute approximate surface area is 328 Å². The third-order valence-electron chi connectivity index (χ3n) is 8.79. The average Bonchev–Trinajstić information content (AvgIpc) is 3.26. The number of hydrogen-bond donors (Lipinski definition) is 0. The number of esters is 1. The molecule has 56 heavy (non-hydrogen) atoms. The molecule has 5 aromatic carbocycles. The number of ether oxygens (including phenoxy) is 3. The van der Waals surface area contributed by atoms with Crippen molar-refractivity contribution < 1.29 is 28.6 Å². The monoisotopic (exact) mass is 749 g/mol. The van der Waals surface area contributed by atoms with Crippen LogP contribution in [0.3, 0.4) is 0 Å². The number of likely N-dealkylation sites (N-methyl/N-ethyl adjacent to an activating group) is 1. The molecule has 0 atom stereocenters. The molecule has 9 nitrogen and oxygen atoms in total. The third kappa shape index (κ3) is 12.1. The van der Waals surface area contributed by atoms with Crippen molar-refractivity contribution in [2.45, 2.75) is 13.3 Å². The number of pyridine rings is 1. The Morgan fingerprint density at radius 2 is 1.27 bits per heavy atom. The van der Waals surface area contributed by atoms with Crippen LogP contribution in [0, 0.1) is 0 Å². The molecule has 0 aliphatic rings. The van der Waals surface area contributed by atoms with Crippen LogP contribution in [0.25, 0.3) is 28.0 Å². The molecule has 2 amide bonds. The third-order valence-corrected chi connectivity index (χ3v) is 8.79. The zero-order valence-corrected chi connectivity index (χ0v) is 32.0. The number of hydrogen-bond acceptors (Lipinski definition) is 7. The van der Waals surface area contributed by atoms with Crippen LogP contribution in [0.5, 0.6) is 11.5 Å². The molecule has 0 N–H and O–H groups in total. The molecule has 6 aromatic rings. The highest BCUT2D eigenvalue weighted by molar-refractivity contribution is 5.94. The first kappa shape index (κ1) is 40.4. The quantitative estimate of drug-likeness (QED) is 0.0765. The lowest BCUT2D eigenvalue weighted by Crippen LogP contribution is -2.35. The van der Waals surface area contributed by atoms with Crippen LogP contribution in [-0.2, 0) is 9.53 Å². The van der Waals surface area contributed by atoms with Crippen LogP contribution >= 0.6 is 0 Å². The Balaban J connectivity index is 0.000000215. The van der Waals surface area contributed by atoms with Crippen LogP contribution in [-0.4, -0.2) is 79.6 Å². The Morgan fingerprint density at radius 3 is 1.93 bits per heavy atom. The largest absolute Gasteiger partial charge is 0.492 e. The first-order valence-corrected chi connectivity index (χ1v) is 18.6. The van der Waals surface area contributed by atoms with Gasteiger partial charge >= 0.3 is 5.97 Å². The number of fused-ring (bicyclic) bond motifs is 1. The van der Waals surface area contributed by atoms with Gasteiger partial charge in [0.25, 0.3) is 11.8 Å². The summed E-state index contributed by atoms with van der Waals surface area (Å²) in [5, 5.41) is 2.26. The summed E-state index contributed by atoms with van der Waals surface area (Å²) >= 11 is 0. The molecule has 6 rings (SSSR count). The van der Waals surface area contributed by atoms with Crippen LogP contribution < -0.4 is 9.47 Å². The van der Waals surface area contributed by atoms with Gasteiger partial charge in [-0.15, -0.1) is 0 Å². The van der Waals surface area contributed by atoms with Gasteiger partial charge in [0.15, 0.2) is 0 Å². The zero-order chi connectivity index (χ0) is 39.5. The predicted molar refractivity (Wildman–Crippen MR) is 222 cm³/mol. The van der Waals surface area contributed by atoms with Gasteiger partial charge in [-0.3, -0.25) is 14.6 Å². The lowest BCUT2D eigenvalue weighted by molar-refractivity contribution is -0.134. The van der Waals surface area contributed by atoms with Crippen molar-refractivity contribution in [3.8, 4) is 22.6 Å². The highest BCUT2D eigenvalue weighted by atomic mass is 16.5. The van der Waals surface area contributed by atoms with Gasteiger partial charge in [-0.1, -0.05) is 79.7 Å². The number of benzene rings is 5. The van der Waals surface area contributed by atoms with Crippen molar-refractivity contribution in [2.75, 3.05) is 47.0 Å². The van der Waals surface area contributed by atoms with E-state index in [4.69, 9.17) is 9.47 Å². The van der Waals surface area contributed by atoms with E-state index in [-0.39, 0.29) is 11.8 Å². The van der Waals surface area contributed by atoms with E-state index in [9.17, 15) is 14.4 Å². The number of nitrogens with zero attached hydrogens (tertiary/aromatic N) is 3. The number of aromatic nitrogens is 1. The molecule has 0 aliphatic heterocycles. The van der Waals surface area contributed by atoms with E-state index in [1.165, 1.54) is 13.2 Å². The molecule has 0 fully saturated rings. The topological polar surface area (TPSA) is 98.3 Å². The van der Waals surface area contributed by atoms with Gasteiger partial charge in [-0.05, 0) is 95.1 Å². The zero-order valence-electron chi connectivity index (χ0n) is 32.0. The summed E-state index contributed by atoms with van der Waals surface area (Å²) in [4.78, 5) is 43.7. The summed E-state index contributed by atoms with van der Waals surface area (Å²) in [6.45, 7) is 4.63. The smallest absolute Gasteiger partial charge is 0.330 e. The highest BCUT2D eigenvalue weighted by Gasteiger charge is 2.15. The maximum absolute atomic E-state index is 12.6. The molecular formula is C47H47N3O6. The molecule has 286 valence electrons. The Kier molecular flexibility index (Phi) is 15.3. The second kappa shape index (κ2) is 21.2. The SMILES string of the molecule is CCCN(CCOc1ccc(/C=C/C(=O)OC)cc1)C(=O)c1ccccc1.CN(CCOc1ccc2cc(-c3cccnc3)ccc2c1)C(=O)c1ccccc1. The maximum atomic E-state index is 12.6. The van der Waals surface area contributed by atoms with Gasteiger partial charge in [0.2, 0.25) is 0 Å². The molecule has 0 saturated carbocycles.